The van der Waals surface area contributed by atoms with E-state index in [0.717, 1.165) is 18.4 Å². The van der Waals surface area contributed by atoms with Crippen LogP contribution in [0, 0.1) is 18.8 Å². The van der Waals surface area contributed by atoms with E-state index in [-0.39, 0.29) is 25.2 Å². The number of hydrogen-bond donors (Lipinski definition) is 1. The summed E-state index contributed by atoms with van der Waals surface area (Å²) in [5.74, 6) is 0.875. The highest BCUT2D eigenvalue weighted by Crippen LogP contribution is 2.29. The number of carbonyl (C=O) groups excluding carboxylic acids is 2. The van der Waals surface area contributed by atoms with E-state index in [2.05, 4.69) is 19.2 Å². The number of hydrogen-bond acceptors (Lipinski definition) is 4. The highest BCUT2D eigenvalue weighted by molar-refractivity contribution is 5.81. The lowest BCUT2D eigenvalue weighted by Crippen LogP contribution is -2.45. The molecule has 1 saturated carbocycles. The van der Waals surface area contributed by atoms with Gasteiger partial charge in [-0.15, -0.1) is 0 Å². The second kappa shape index (κ2) is 8.71. The van der Waals surface area contributed by atoms with E-state index in [0.29, 0.717) is 17.6 Å². The Bertz CT molecular complexity index is 572. The molecule has 0 unspecified atom stereocenters. The zero-order valence-corrected chi connectivity index (χ0v) is 14.7. The van der Waals surface area contributed by atoms with Crippen LogP contribution in [0.4, 0.5) is 0 Å². The Morgan fingerprint density at radius 1 is 1.21 bits per heavy atom. The SMILES string of the molecule is Cc1cccc(OCC(=O)OCC(=O)N[C@@H]2CCC[C@H](C)[C@@H]2C)c1. The van der Waals surface area contributed by atoms with Crippen molar-refractivity contribution < 1.29 is 19.1 Å². The molecular formula is C19H27NO4. The second-order valence-electron chi connectivity index (χ2n) is 6.71. The van der Waals surface area contributed by atoms with Gasteiger partial charge in [-0.05, 0) is 42.9 Å². The molecule has 1 aliphatic rings. The molecule has 0 heterocycles. The number of nitrogens with one attached hydrogen (secondary N) is 1. The maximum absolute atomic E-state index is 12.0. The molecule has 0 saturated heterocycles. The summed E-state index contributed by atoms with van der Waals surface area (Å²) in [5.41, 5.74) is 1.05. The highest BCUT2D eigenvalue weighted by Gasteiger charge is 2.28. The molecule has 0 bridgehead atoms. The molecule has 5 heteroatoms. The van der Waals surface area contributed by atoms with Gasteiger partial charge >= 0.3 is 5.97 Å². The molecule has 2 rings (SSSR count). The fraction of sp³-hybridized carbons (Fsp3) is 0.579. The van der Waals surface area contributed by atoms with Gasteiger partial charge in [0, 0.05) is 6.04 Å². The maximum atomic E-state index is 12.0. The first-order valence-corrected chi connectivity index (χ1v) is 8.60. The third-order valence-electron chi connectivity index (χ3n) is 4.76. The van der Waals surface area contributed by atoms with Crippen molar-refractivity contribution in [1.29, 1.82) is 0 Å². The molecule has 3 atom stereocenters. The minimum Gasteiger partial charge on any atom is -0.482 e. The van der Waals surface area contributed by atoms with Crippen molar-refractivity contribution in [1.82, 2.24) is 5.32 Å². The van der Waals surface area contributed by atoms with Crippen LogP contribution in [0.3, 0.4) is 0 Å². The Hall–Kier alpha value is -2.04. The van der Waals surface area contributed by atoms with Crippen LogP contribution in [-0.4, -0.2) is 31.1 Å². The van der Waals surface area contributed by atoms with Gasteiger partial charge in [-0.1, -0.05) is 38.8 Å². The molecule has 5 nitrogen and oxygen atoms in total. The van der Waals surface area contributed by atoms with E-state index in [4.69, 9.17) is 9.47 Å². The lowest BCUT2D eigenvalue weighted by Gasteiger charge is -2.34. The van der Waals surface area contributed by atoms with Crippen molar-refractivity contribution in [2.45, 2.75) is 46.1 Å². The Morgan fingerprint density at radius 3 is 2.75 bits per heavy atom. The van der Waals surface area contributed by atoms with Gasteiger partial charge in [0.05, 0.1) is 0 Å². The van der Waals surface area contributed by atoms with E-state index in [1.165, 1.54) is 6.42 Å². The van der Waals surface area contributed by atoms with E-state index >= 15 is 0 Å². The number of aryl methyl sites for hydroxylation is 1. The third kappa shape index (κ3) is 5.55. The maximum Gasteiger partial charge on any atom is 0.344 e. The quantitative estimate of drug-likeness (QED) is 0.813. The van der Waals surface area contributed by atoms with Crippen molar-refractivity contribution in [2.75, 3.05) is 13.2 Å². The van der Waals surface area contributed by atoms with E-state index in [9.17, 15) is 9.59 Å². The molecular weight excluding hydrogens is 306 g/mol. The number of esters is 1. The van der Waals surface area contributed by atoms with Crippen molar-refractivity contribution in [2.24, 2.45) is 11.8 Å². The zero-order chi connectivity index (χ0) is 17.5. The summed E-state index contributed by atoms with van der Waals surface area (Å²) in [6, 6.07) is 7.59. The lowest BCUT2D eigenvalue weighted by molar-refractivity contribution is -0.150. The standard InChI is InChI=1S/C19H27NO4/c1-13-6-4-8-16(10-13)23-12-19(22)24-11-18(21)20-17-9-5-7-14(2)15(17)3/h4,6,8,10,14-15,17H,5,7,9,11-12H2,1-3H3,(H,20,21)/t14-,15-,17+/m0/s1. The Labute approximate surface area is 143 Å². The van der Waals surface area contributed by atoms with Crippen LogP contribution >= 0.6 is 0 Å². The molecule has 1 N–H and O–H groups in total. The fourth-order valence-electron chi connectivity index (χ4n) is 3.07. The van der Waals surface area contributed by atoms with Crippen molar-refractivity contribution in [3.8, 4) is 5.75 Å². The number of carbonyl (C=O) groups is 2. The minimum absolute atomic E-state index is 0.170. The summed E-state index contributed by atoms with van der Waals surface area (Å²) >= 11 is 0. The van der Waals surface area contributed by atoms with Gasteiger partial charge in [0.1, 0.15) is 5.75 Å². The van der Waals surface area contributed by atoms with Crippen molar-refractivity contribution in [3.05, 3.63) is 29.8 Å². The second-order valence-corrected chi connectivity index (χ2v) is 6.71. The predicted molar refractivity (Wildman–Crippen MR) is 91.7 cm³/mol. The lowest BCUT2D eigenvalue weighted by atomic mass is 9.78. The fourth-order valence-corrected chi connectivity index (χ4v) is 3.07. The highest BCUT2D eigenvalue weighted by atomic mass is 16.6. The summed E-state index contributed by atoms with van der Waals surface area (Å²) < 4.78 is 10.3. The van der Waals surface area contributed by atoms with Crippen LogP contribution in [0.1, 0.15) is 38.7 Å². The monoisotopic (exact) mass is 333 g/mol. The molecule has 0 radical (unpaired) electrons. The van der Waals surface area contributed by atoms with Gasteiger partial charge in [-0.3, -0.25) is 4.79 Å². The molecule has 0 spiro atoms. The molecule has 1 amide bonds. The van der Waals surface area contributed by atoms with Crippen LogP contribution in [0.25, 0.3) is 0 Å². The Balaban J connectivity index is 1.68. The van der Waals surface area contributed by atoms with Crippen LogP contribution in [0.2, 0.25) is 0 Å². The normalized spacial score (nSPS) is 23.4. The molecule has 1 aromatic rings. The van der Waals surface area contributed by atoms with Crippen LogP contribution in [0.15, 0.2) is 24.3 Å². The summed E-state index contributed by atoms with van der Waals surface area (Å²) in [6.45, 7) is 5.87. The van der Waals surface area contributed by atoms with Crippen LogP contribution < -0.4 is 10.1 Å². The summed E-state index contributed by atoms with van der Waals surface area (Å²) in [4.78, 5) is 23.6. The molecule has 24 heavy (non-hydrogen) atoms. The predicted octanol–water partition coefficient (Wildman–Crippen LogP) is 2.86. The topological polar surface area (TPSA) is 64.6 Å². The van der Waals surface area contributed by atoms with Crippen molar-refractivity contribution >= 4 is 11.9 Å². The summed E-state index contributed by atoms with van der Waals surface area (Å²) in [5, 5.41) is 2.98. The Morgan fingerprint density at radius 2 is 2.00 bits per heavy atom. The molecule has 1 aromatic carbocycles. The van der Waals surface area contributed by atoms with Gasteiger partial charge in [-0.25, -0.2) is 4.79 Å². The number of amides is 1. The first-order valence-electron chi connectivity index (χ1n) is 8.60. The van der Waals surface area contributed by atoms with Gasteiger partial charge in [0.2, 0.25) is 0 Å². The molecule has 0 aliphatic heterocycles. The number of rotatable bonds is 6. The average molecular weight is 333 g/mol. The van der Waals surface area contributed by atoms with E-state index in [1.54, 1.807) is 6.07 Å². The van der Waals surface area contributed by atoms with E-state index in [1.807, 2.05) is 25.1 Å². The number of benzene rings is 1. The molecule has 1 aliphatic carbocycles. The minimum atomic E-state index is -0.545. The number of ether oxygens (including phenoxy) is 2. The zero-order valence-electron chi connectivity index (χ0n) is 14.7. The third-order valence-corrected chi connectivity index (χ3v) is 4.76. The summed E-state index contributed by atoms with van der Waals surface area (Å²) in [6.07, 6.45) is 3.32. The molecule has 0 aromatic heterocycles. The van der Waals surface area contributed by atoms with Gasteiger partial charge in [0.25, 0.3) is 5.91 Å². The van der Waals surface area contributed by atoms with Crippen LogP contribution in [0.5, 0.6) is 5.75 Å². The van der Waals surface area contributed by atoms with Gasteiger partial charge in [0.15, 0.2) is 13.2 Å². The smallest absolute Gasteiger partial charge is 0.344 e. The molecule has 1 fully saturated rings. The van der Waals surface area contributed by atoms with Gasteiger partial charge < -0.3 is 14.8 Å². The van der Waals surface area contributed by atoms with Crippen LogP contribution in [-0.2, 0) is 14.3 Å². The largest absolute Gasteiger partial charge is 0.482 e. The summed E-state index contributed by atoms with van der Waals surface area (Å²) in [7, 11) is 0. The van der Waals surface area contributed by atoms with Gasteiger partial charge in [-0.2, -0.15) is 0 Å². The first kappa shape index (κ1) is 18.3. The molecule has 132 valence electrons. The van der Waals surface area contributed by atoms with E-state index < -0.39 is 5.97 Å². The Kier molecular flexibility index (Phi) is 6.64. The first-order chi connectivity index (χ1) is 11.5. The van der Waals surface area contributed by atoms with Crippen molar-refractivity contribution in [3.63, 3.8) is 0 Å². The average Bonchev–Trinajstić information content (AvgIpc) is 2.55.